The zero-order valence-corrected chi connectivity index (χ0v) is 9.67. The fourth-order valence-corrected chi connectivity index (χ4v) is 1.89. The molecule has 3 nitrogen and oxygen atoms in total. The second-order valence-electron chi connectivity index (χ2n) is 4.06. The predicted molar refractivity (Wildman–Crippen MR) is 71.1 cm³/mol. The van der Waals surface area contributed by atoms with Gasteiger partial charge in [-0.1, -0.05) is 42.5 Å². The van der Waals surface area contributed by atoms with Gasteiger partial charge in [0.25, 0.3) is 0 Å². The molecule has 1 aromatic heterocycles. The molecule has 0 aliphatic heterocycles. The lowest BCUT2D eigenvalue weighted by Gasteiger charge is -1.98. The van der Waals surface area contributed by atoms with Crippen molar-refractivity contribution in [3.63, 3.8) is 0 Å². The summed E-state index contributed by atoms with van der Waals surface area (Å²) < 4.78 is 0. The van der Waals surface area contributed by atoms with E-state index in [1.807, 2.05) is 36.4 Å². The van der Waals surface area contributed by atoms with Gasteiger partial charge in [0.1, 0.15) is 11.6 Å². The maximum atomic E-state index is 9.46. The number of nitrogens with one attached hydrogen (secondary N) is 1. The van der Waals surface area contributed by atoms with E-state index in [4.69, 9.17) is 0 Å². The van der Waals surface area contributed by atoms with Crippen molar-refractivity contribution in [1.29, 1.82) is 0 Å². The summed E-state index contributed by atoms with van der Waals surface area (Å²) in [6.07, 6.45) is 1.80. The number of benzene rings is 2. The van der Waals surface area contributed by atoms with Crippen LogP contribution in [0.5, 0.6) is 5.75 Å². The number of imidazole rings is 1. The molecule has 0 amide bonds. The molecule has 0 radical (unpaired) electrons. The molecule has 3 rings (SSSR count). The van der Waals surface area contributed by atoms with Gasteiger partial charge < -0.3 is 10.1 Å². The molecule has 0 aliphatic carbocycles. The molecule has 2 N–H and O–H groups in total. The number of aromatic amines is 1. The lowest BCUT2D eigenvalue weighted by molar-refractivity contribution is 0.475. The van der Waals surface area contributed by atoms with E-state index < -0.39 is 0 Å². The summed E-state index contributed by atoms with van der Waals surface area (Å²) in [5.74, 6) is 0.995. The largest absolute Gasteiger partial charge is 0.508 e. The van der Waals surface area contributed by atoms with Crippen LogP contribution in [-0.2, 0) is 0 Å². The smallest absolute Gasteiger partial charge is 0.137 e. The molecular weight excluding hydrogens is 224 g/mol. The SMILES string of the molecule is Oc1cccc(-c2ncc(-c3ccccc3)[nH]2)c1. The summed E-state index contributed by atoms with van der Waals surface area (Å²) in [7, 11) is 0. The van der Waals surface area contributed by atoms with Gasteiger partial charge in [-0.15, -0.1) is 0 Å². The molecule has 0 atom stereocenters. The van der Waals surface area contributed by atoms with Gasteiger partial charge in [-0.05, 0) is 17.7 Å². The molecule has 18 heavy (non-hydrogen) atoms. The van der Waals surface area contributed by atoms with Gasteiger partial charge in [0.05, 0.1) is 11.9 Å². The molecule has 1 heterocycles. The van der Waals surface area contributed by atoms with Crippen molar-refractivity contribution in [1.82, 2.24) is 9.97 Å². The predicted octanol–water partition coefficient (Wildman–Crippen LogP) is 3.45. The Morgan fingerprint density at radius 2 is 1.67 bits per heavy atom. The van der Waals surface area contributed by atoms with Crippen LogP contribution < -0.4 is 0 Å². The molecule has 0 aliphatic rings. The standard InChI is InChI=1S/C15H12N2O/c18-13-8-4-7-12(9-13)15-16-10-14(17-15)11-5-2-1-3-6-11/h1-10,18H,(H,16,17). The van der Waals surface area contributed by atoms with Crippen molar-refractivity contribution in [3.8, 4) is 28.4 Å². The zero-order chi connectivity index (χ0) is 12.4. The van der Waals surface area contributed by atoms with Crippen LogP contribution >= 0.6 is 0 Å². The van der Waals surface area contributed by atoms with Crippen LogP contribution in [0.15, 0.2) is 60.8 Å². The third-order valence-corrected chi connectivity index (χ3v) is 2.78. The molecule has 88 valence electrons. The molecule has 0 unspecified atom stereocenters. The van der Waals surface area contributed by atoms with Gasteiger partial charge in [0.15, 0.2) is 0 Å². The minimum atomic E-state index is 0.241. The maximum Gasteiger partial charge on any atom is 0.137 e. The van der Waals surface area contributed by atoms with E-state index in [0.29, 0.717) is 0 Å². The van der Waals surface area contributed by atoms with E-state index in [2.05, 4.69) is 9.97 Å². The van der Waals surface area contributed by atoms with Crippen LogP contribution in [0.1, 0.15) is 0 Å². The summed E-state index contributed by atoms with van der Waals surface area (Å²) in [4.78, 5) is 7.59. The van der Waals surface area contributed by atoms with Crippen molar-refractivity contribution in [2.24, 2.45) is 0 Å². The Morgan fingerprint density at radius 1 is 0.889 bits per heavy atom. The fraction of sp³-hybridized carbons (Fsp3) is 0. The minimum Gasteiger partial charge on any atom is -0.508 e. The first kappa shape index (κ1) is 10.6. The average Bonchev–Trinajstić information content (AvgIpc) is 2.89. The van der Waals surface area contributed by atoms with Gasteiger partial charge >= 0.3 is 0 Å². The first-order chi connectivity index (χ1) is 8.83. The molecule has 0 bridgehead atoms. The summed E-state index contributed by atoms with van der Waals surface area (Å²) in [6.45, 7) is 0. The van der Waals surface area contributed by atoms with Crippen LogP contribution in [0.2, 0.25) is 0 Å². The topological polar surface area (TPSA) is 48.9 Å². The molecular formula is C15H12N2O. The number of nitrogens with zero attached hydrogens (tertiary/aromatic N) is 1. The maximum absolute atomic E-state index is 9.46. The number of hydrogen-bond donors (Lipinski definition) is 2. The lowest BCUT2D eigenvalue weighted by atomic mass is 10.2. The van der Waals surface area contributed by atoms with Gasteiger partial charge in [-0.25, -0.2) is 4.98 Å². The summed E-state index contributed by atoms with van der Waals surface area (Å²) in [6, 6.07) is 17.1. The molecule has 3 aromatic rings. The number of phenolic OH excluding ortho intramolecular Hbond substituents is 1. The first-order valence-electron chi connectivity index (χ1n) is 5.73. The van der Waals surface area contributed by atoms with E-state index >= 15 is 0 Å². The highest BCUT2D eigenvalue weighted by molar-refractivity contribution is 5.64. The third kappa shape index (κ3) is 1.98. The van der Waals surface area contributed by atoms with Crippen LogP contribution in [0.3, 0.4) is 0 Å². The molecule has 3 heteroatoms. The molecule has 0 fully saturated rings. The second kappa shape index (κ2) is 4.37. The van der Waals surface area contributed by atoms with Gasteiger partial charge in [-0.3, -0.25) is 0 Å². The van der Waals surface area contributed by atoms with Crippen molar-refractivity contribution in [2.75, 3.05) is 0 Å². The number of H-pyrrole nitrogens is 1. The van der Waals surface area contributed by atoms with Crippen LogP contribution in [0.25, 0.3) is 22.6 Å². The van der Waals surface area contributed by atoms with E-state index in [-0.39, 0.29) is 5.75 Å². The van der Waals surface area contributed by atoms with Crippen molar-refractivity contribution in [3.05, 3.63) is 60.8 Å². The number of rotatable bonds is 2. The van der Waals surface area contributed by atoms with Crippen LogP contribution in [0, 0.1) is 0 Å². The number of hydrogen-bond acceptors (Lipinski definition) is 2. The van der Waals surface area contributed by atoms with Crippen LogP contribution in [-0.4, -0.2) is 15.1 Å². The molecule has 0 saturated heterocycles. The van der Waals surface area contributed by atoms with E-state index in [1.54, 1.807) is 24.4 Å². The Labute approximate surface area is 105 Å². The Kier molecular flexibility index (Phi) is 2.57. The van der Waals surface area contributed by atoms with E-state index in [9.17, 15) is 5.11 Å². The summed E-state index contributed by atoms with van der Waals surface area (Å²) >= 11 is 0. The zero-order valence-electron chi connectivity index (χ0n) is 9.67. The van der Waals surface area contributed by atoms with Gasteiger partial charge in [-0.2, -0.15) is 0 Å². The third-order valence-electron chi connectivity index (χ3n) is 2.78. The molecule has 0 saturated carbocycles. The Morgan fingerprint density at radius 3 is 2.44 bits per heavy atom. The van der Waals surface area contributed by atoms with Crippen molar-refractivity contribution in [2.45, 2.75) is 0 Å². The van der Waals surface area contributed by atoms with Crippen molar-refractivity contribution >= 4 is 0 Å². The lowest BCUT2D eigenvalue weighted by Crippen LogP contribution is -1.80. The average molecular weight is 236 g/mol. The molecule has 2 aromatic carbocycles. The first-order valence-corrected chi connectivity index (χ1v) is 5.73. The van der Waals surface area contributed by atoms with E-state index in [0.717, 1.165) is 22.6 Å². The van der Waals surface area contributed by atoms with Crippen LogP contribution in [0.4, 0.5) is 0 Å². The van der Waals surface area contributed by atoms with Gasteiger partial charge in [0, 0.05) is 5.56 Å². The van der Waals surface area contributed by atoms with Crippen molar-refractivity contribution < 1.29 is 5.11 Å². The Balaban J connectivity index is 2.00. The minimum absolute atomic E-state index is 0.241. The highest BCUT2D eigenvalue weighted by atomic mass is 16.3. The Bertz CT molecular complexity index is 659. The Hall–Kier alpha value is -2.55. The monoisotopic (exact) mass is 236 g/mol. The van der Waals surface area contributed by atoms with E-state index in [1.165, 1.54) is 0 Å². The summed E-state index contributed by atoms with van der Waals surface area (Å²) in [5.41, 5.74) is 2.93. The fourth-order valence-electron chi connectivity index (χ4n) is 1.89. The number of aromatic hydroxyl groups is 1. The summed E-state index contributed by atoms with van der Waals surface area (Å²) in [5, 5.41) is 9.46. The quantitative estimate of drug-likeness (QED) is 0.716. The normalized spacial score (nSPS) is 10.4. The van der Waals surface area contributed by atoms with Gasteiger partial charge in [0.2, 0.25) is 0 Å². The number of aromatic nitrogens is 2. The number of phenols is 1. The molecule has 0 spiro atoms. The highest BCUT2D eigenvalue weighted by Crippen LogP contribution is 2.23. The highest BCUT2D eigenvalue weighted by Gasteiger charge is 2.05. The second-order valence-corrected chi connectivity index (χ2v) is 4.06.